The van der Waals surface area contributed by atoms with Gasteiger partial charge in [0.25, 0.3) is 0 Å². The Labute approximate surface area is 122 Å². The normalized spacial score (nSPS) is 21.4. The van der Waals surface area contributed by atoms with Gasteiger partial charge in [-0.05, 0) is 24.8 Å². The standard InChI is InChI=1S/C13H17N3O2S2/c1-2-10-5-11-12(15-8-16-13(11)19-10)14-6-9-3-4-20(17,18)7-9/h5,8-9H,2-4,6-7H2,1H3,(H,14,15,16)/t9-/m1/s1. The molecule has 2 aromatic heterocycles. The first-order chi connectivity index (χ1) is 9.57. The lowest BCUT2D eigenvalue weighted by Crippen LogP contribution is -2.16. The van der Waals surface area contributed by atoms with Crippen LogP contribution in [0.1, 0.15) is 18.2 Å². The zero-order valence-corrected chi connectivity index (χ0v) is 12.9. The highest BCUT2D eigenvalue weighted by Crippen LogP contribution is 2.29. The van der Waals surface area contributed by atoms with E-state index in [1.165, 1.54) is 4.88 Å². The van der Waals surface area contributed by atoms with E-state index in [1.54, 1.807) is 17.7 Å². The zero-order chi connectivity index (χ0) is 14.2. The predicted octanol–water partition coefficient (Wildman–Crippen LogP) is 2.10. The van der Waals surface area contributed by atoms with Gasteiger partial charge in [-0.25, -0.2) is 18.4 Å². The predicted molar refractivity (Wildman–Crippen MR) is 82.0 cm³/mol. The lowest BCUT2D eigenvalue weighted by atomic mass is 10.1. The van der Waals surface area contributed by atoms with Gasteiger partial charge in [-0.2, -0.15) is 0 Å². The van der Waals surface area contributed by atoms with Gasteiger partial charge < -0.3 is 5.32 Å². The van der Waals surface area contributed by atoms with Gasteiger partial charge in [0.15, 0.2) is 9.84 Å². The highest BCUT2D eigenvalue weighted by atomic mass is 32.2. The summed E-state index contributed by atoms with van der Waals surface area (Å²) in [4.78, 5) is 10.8. The van der Waals surface area contributed by atoms with Crippen molar-refractivity contribution < 1.29 is 8.42 Å². The fraction of sp³-hybridized carbons (Fsp3) is 0.538. The summed E-state index contributed by atoms with van der Waals surface area (Å²) in [6.07, 6.45) is 3.29. The van der Waals surface area contributed by atoms with Crippen molar-refractivity contribution in [1.82, 2.24) is 9.97 Å². The number of anilines is 1. The minimum Gasteiger partial charge on any atom is -0.369 e. The Bertz CT molecular complexity index is 724. The molecule has 3 heterocycles. The first kappa shape index (κ1) is 13.8. The molecule has 0 unspecified atom stereocenters. The van der Waals surface area contributed by atoms with Crippen LogP contribution < -0.4 is 5.32 Å². The summed E-state index contributed by atoms with van der Waals surface area (Å²) in [5.74, 6) is 1.61. The van der Waals surface area contributed by atoms with E-state index in [0.717, 1.165) is 28.9 Å². The van der Waals surface area contributed by atoms with Gasteiger partial charge in [0.05, 0.1) is 16.9 Å². The molecular weight excluding hydrogens is 294 g/mol. The van der Waals surface area contributed by atoms with Crippen molar-refractivity contribution >= 4 is 37.2 Å². The molecule has 1 aliphatic heterocycles. The van der Waals surface area contributed by atoms with Crippen molar-refractivity contribution in [3.8, 4) is 0 Å². The second-order valence-corrected chi connectivity index (χ2v) is 8.50. The minimum atomic E-state index is -2.81. The van der Waals surface area contributed by atoms with Gasteiger partial charge in [0.1, 0.15) is 17.0 Å². The van der Waals surface area contributed by atoms with Gasteiger partial charge in [0, 0.05) is 11.4 Å². The molecular formula is C13H17N3O2S2. The number of fused-ring (bicyclic) bond motifs is 1. The van der Waals surface area contributed by atoms with E-state index >= 15 is 0 Å². The number of rotatable bonds is 4. The third kappa shape index (κ3) is 2.78. The van der Waals surface area contributed by atoms with E-state index in [2.05, 4.69) is 28.3 Å². The number of aromatic nitrogens is 2. The van der Waals surface area contributed by atoms with Crippen molar-refractivity contribution in [1.29, 1.82) is 0 Å². The van der Waals surface area contributed by atoms with Crippen LogP contribution in [0.5, 0.6) is 0 Å². The molecule has 0 amide bonds. The molecule has 3 rings (SSSR count). The molecule has 1 atom stereocenters. The Morgan fingerprint density at radius 1 is 1.45 bits per heavy atom. The number of hydrogen-bond acceptors (Lipinski definition) is 6. The van der Waals surface area contributed by atoms with Crippen LogP contribution in [0, 0.1) is 5.92 Å². The Kier molecular flexibility index (Phi) is 3.64. The van der Waals surface area contributed by atoms with Gasteiger partial charge in [0.2, 0.25) is 0 Å². The second-order valence-electron chi connectivity index (χ2n) is 5.16. The number of thiophene rings is 1. The van der Waals surface area contributed by atoms with Crippen molar-refractivity contribution in [2.75, 3.05) is 23.4 Å². The summed E-state index contributed by atoms with van der Waals surface area (Å²) >= 11 is 1.68. The van der Waals surface area contributed by atoms with Crippen LogP contribution >= 0.6 is 11.3 Å². The van der Waals surface area contributed by atoms with Gasteiger partial charge in [-0.1, -0.05) is 6.92 Å². The van der Waals surface area contributed by atoms with Crippen LogP contribution in [0.4, 0.5) is 5.82 Å². The van der Waals surface area contributed by atoms with E-state index in [-0.39, 0.29) is 11.7 Å². The Balaban J connectivity index is 1.76. The van der Waals surface area contributed by atoms with Crippen molar-refractivity contribution in [3.63, 3.8) is 0 Å². The van der Waals surface area contributed by atoms with Crippen LogP contribution in [0.3, 0.4) is 0 Å². The molecule has 0 bridgehead atoms. The SMILES string of the molecule is CCc1cc2c(NC[C@H]3CCS(=O)(=O)C3)ncnc2s1. The van der Waals surface area contributed by atoms with Crippen LogP contribution in [0.2, 0.25) is 0 Å². The van der Waals surface area contributed by atoms with Crippen LogP contribution in [-0.4, -0.2) is 36.4 Å². The number of nitrogens with zero attached hydrogens (tertiary/aromatic N) is 2. The summed E-state index contributed by atoms with van der Waals surface area (Å²) < 4.78 is 22.9. The average molecular weight is 311 g/mol. The summed E-state index contributed by atoms with van der Waals surface area (Å²) in [5.41, 5.74) is 0. The summed E-state index contributed by atoms with van der Waals surface area (Å²) in [7, 11) is -2.81. The smallest absolute Gasteiger partial charge is 0.150 e. The third-order valence-corrected chi connectivity index (χ3v) is 6.64. The van der Waals surface area contributed by atoms with E-state index in [0.29, 0.717) is 12.3 Å². The third-order valence-electron chi connectivity index (χ3n) is 3.61. The molecule has 2 aromatic rings. The lowest BCUT2D eigenvalue weighted by molar-refractivity contribution is 0.596. The van der Waals surface area contributed by atoms with Gasteiger partial charge >= 0.3 is 0 Å². The van der Waals surface area contributed by atoms with E-state index < -0.39 is 9.84 Å². The van der Waals surface area contributed by atoms with Gasteiger partial charge in [-0.15, -0.1) is 11.3 Å². The van der Waals surface area contributed by atoms with E-state index in [4.69, 9.17) is 0 Å². The topological polar surface area (TPSA) is 72.0 Å². The maximum Gasteiger partial charge on any atom is 0.150 e. The monoisotopic (exact) mass is 311 g/mol. The van der Waals surface area contributed by atoms with Crippen LogP contribution in [0.15, 0.2) is 12.4 Å². The Hall–Kier alpha value is -1.21. The van der Waals surface area contributed by atoms with Crippen molar-refractivity contribution in [2.24, 2.45) is 5.92 Å². The number of sulfone groups is 1. The van der Waals surface area contributed by atoms with Crippen molar-refractivity contribution in [3.05, 3.63) is 17.3 Å². The summed E-state index contributed by atoms with van der Waals surface area (Å²) in [6, 6.07) is 2.12. The zero-order valence-electron chi connectivity index (χ0n) is 11.3. The maximum absolute atomic E-state index is 11.5. The molecule has 0 saturated carbocycles. The van der Waals surface area contributed by atoms with Crippen molar-refractivity contribution in [2.45, 2.75) is 19.8 Å². The highest BCUT2D eigenvalue weighted by Gasteiger charge is 2.27. The molecule has 1 saturated heterocycles. The van der Waals surface area contributed by atoms with Crippen LogP contribution in [0.25, 0.3) is 10.2 Å². The Morgan fingerprint density at radius 3 is 3.00 bits per heavy atom. The molecule has 5 nitrogen and oxygen atoms in total. The number of hydrogen-bond donors (Lipinski definition) is 1. The molecule has 1 aliphatic rings. The second kappa shape index (κ2) is 5.29. The molecule has 0 radical (unpaired) electrons. The maximum atomic E-state index is 11.5. The van der Waals surface area contributed by atoms with Gasteiger partial charge in [-0.3, -0.25) is 0 Å². The fourth-order valence-electron chi connectivity index (χ4n) is 2.49. The quantitative estimate of drug-likeness (QED) is 0.936. The highest BCUT2D eigenvalue weighted by molar-refractivity contribution is 7.91. The fourth-order valence-corrected chi connectivity index (χ4v) is 5.29. The molecule has 7 heteroatoms. The van der Waals surface area contributed by atoms with E-state index in [9.17, 15) is 8.42 Å². The average Bonchev–Trinajstić information content (AvgIpc) is 2.99. The molecule has 0 aliphatic carbocycles. The first-order valence-electron chi connectivity index (χ1n) is 6.75. The molecule has 0 spiro atoms. The molecule has 108 valence electrons. The number of aryl methyl sites for hydroxylation is 1. The molecule has 0 aromatic carbocycles. The Morgan fingerprint density at radius 2 is 2.30 bits per heavy atom. The number of nitrogens with one attached hydrogen (secondary N) is 1. The molecule has 20 heavy (non-hydrogen) atoms. The first-order valence-corrected chi connectivity index (χ1v) is 9.39. The molecule has 1 fully saturated rings. The molecule has 1 N–H and O–H groups in total. The lowest BCUT2D eigenvalue weighted by Gasteiger charge is -2.10. The van der Waals surface area contributed by atoms with E-state index in [1.807, 2.05) is 0 Å². The minimum absolute atomic E-state index is 0.189. The summed E-state index contributed by atoms with van der Waals surface area (Å²) in [6.45, 7) is 2.78. The largest absolute Gasteiger partial charge is 0.369 e. The van der Waals surface area contributed by atoms with Crippen LogP contribution in [-0.2, 0) is 16.3 Å². The summed E-state index contributed by atoms with van der Waals surface area (Å²) in [5, 5.41) is 4.33.